The number of nitrogens with zero attached hydrogens (tertiary/aromatic N) is 3. The van der Waals surface area contributed by atoms with E-state index in [4.69, 9.17) is 4.98 Å². The second kappa shape index (κ2) is 10.1. The van der Waals surface area contributed by atoms with Crippen LogP contribution in [0, 0.1) is 6.92 Å². The van der Waals surface area contributed by atoms with E-state index in [1.54, 1.807) is 0 Å². The Labute approximate surface area is 226 Å². The van der Waals surface area contributed by atoms with Crippen molar-refractivity contribution in [3.05, 3.63) is 94.7 Å². The van der Waals surface area contributed by atoms with E-state index in [1.165, 1.54) is 53.5 Å². The summed E-state index contributed by atoms with van der Waals surface area (Å²) in [4.78, 5) is 9.71. The molecule has 0 bridgehead atoms. The minimum Gasteiger partial charge on any atom is -0.367 e. The lowest BCUT2D eigenvalue weighted by molar-refractivity contribution is 0.749. The summed E-state index contributed by atoms with van der Waals surface area (Å²) in [5.74, 6) is 1.09. The summed E-state index contributed by atoms with van der Waals surface area (Å²) in [6.07, 6.45) is 9.99. The van der Waals surface area contributed by atoms with Crippen LogP contribution in [0.15, 0.2) is 83.6 Å². The van der Waals surface area contributed by atoms with Gasteiger partial charge in [-0.3, -0.25) is 9.38 Å². The standard InChI is InChI=1S/C32H31BrN4/c1-3-25-26(11-8-12-27(25)29-13-6-7-18-34-29)22-14-16-23(17-15-22)30-32(35-24-9-4-5-10-24)37-20-21(2)19-28(33)31(37)36-30/h6-8,11-20,24,35H,3-5,9-10H2,1-2H3. The lowest BCUT2D eigenvalue weighted by atomic mass is 9.91. The SMILES string of the molecule is CCc1c(-c2ccc(-c3nc4c(Br)cc(C)cn4c3NC3CCCC3)cc2)cccc1-c1ccccn1. The molecule has 5 aromatic rings. The third-order valence-corrected chi connectivity index (χ3v) is 8.03. The zero-order chi connectivity index (χ0) is 25.4. The number of fused-ring (bicyclic) bond motifs is 1. The van der Waals surface area contributed by atoms with E-state index in [2.05, 4.69) is 111 Å². The van der Waals surface area contributed by atoms with Gasteiger partial charge in [0.2, 0.25) is 0 Å². The van der Waals surface area contributed by atoms with E-state index in [0.29, 0.717) is 6.04 Å². The fourth-order valence-corrected chi connectivity index (χ4v) is 6.28. The highest BCUT2D eigenvalue weighted by Crippen LogP contribution is 2.37. The maximum absolute atomic E-state index is 5.10. The number of pyridine rings is 2. The molecular weight excluding hydrogens is 520 g/mol. The van der Waals surface area contributed by atoms with Crippen molar-refractivity contribution in [3.8, 4) is 33.6 Å². The van der Waals surface area contributed by atoms with Crippen LogP contribution in [-0.2, 0) is 6.42 Å². The Morgan fingerprint density at radius 1 is 0.946 bits per heavy atom. The number of halogens is 1. The third-order valence-electron chi connectivity index (χ3n) is 7.45. The highest BCUT2D eigenvalue weighted by Gasteiger charge is 2.22. The molecule has 0 aliphatic heterocycles. The summed E-state index contributed by atoms with van der Waals surface area (Å²) in [5.41, 5.74) is 10.3. The van der Waals surface area contributed by atoms with Gasteiger partial charge in [-0.05, 0) is 82.6 Å². The van der Waals surface area contributed by atoms with Gasteiger partial charge in [-0.15, -0.1) is 0 Å². The number of hydrogen-bond donors (Lipinski definition) is 1. The Morgan fingerprint density at radius 3 is 2.43 bits per heavy atom. The number of imidazole rings is 1. The largest absolute Gasteiger partial charge is 0.367 e. The van der Waals surface area contributed by atoms with Crippen LogP contribution in [0.5, 0.6) is 0 Å². The molecule has 0 radical (unpaired) electrons. The molecule has 4 nitrogen and oxygen atoms in total. The van der Waals surface area contributed by atoms with E-state index in [-0.39, 0.29) is 0 Å². The van der Waals surface area contributed by atoms with Gasteiger partial charge in [-0.25, -0.2) is 4.98 Å². The van der Waals surface area contributed by atoms with Gasteiger partial charge in [-0.2, -0.15) is 0 Å². The van der Waals surface area contributed by atoms with E-state index in [0.717, 1.165) is 39.3 Å². The molecular formula is C32H31BrN4. The number of rotatable bonds is 6. The molecule has 3 aromatic heterocycles. The first-order chi connectivity index (χ1) is 18.1. The minimum absolute atomic E-state index is 0.499. The van der Waals surface area contributed by atoms with Crippen molar-refractivity contribution in [1.82, 2.24) is 14.4 Å². The third kappa shape index (κ3) is 4.57. The fraction of sp³-hybridized carbons (Fsp3) is 0.250. The van der Waals surface area contributed by atoms with Crippen LogP contribution in [-0.4, -0.2) is 20.4 Å². The molecule has 0 spiro atoms. The van der Waals surface area contributed by atoms with Crippen molar-refractivity contribution in [2.75, 3.05) is 5.32 Å². The summed E-state index contributed by atoms with van der Waals surface area (Å²) in [6, 6.07) is 24.2. The molecule has 1 N–H and O–H groups in total. The van der Waals surface area contributed by atoms with Crippen molar-refractivity contribution in [2.24, 2.45) is 0 Å². The van der Waals surface area contributed by atoms with Crippen LogP contribution < -0.4 is 5.32 Å². The van der Waals surface area contributed by atoms with E-state index in [9.17, 15) is 0 Å². The van der Waals surface area contributed by atoms with Gasteiger partial charge in [0.15, 0.2) is 5.65 Å². The van der Waals surface area contributed by atoms with E-state index in [1.807, 2.05) is 12.3 Å². The van der Waals surface area contributed by atoms with Crippen LogP contribution in [0.25, 0.3) is 39.3 Å². The molecule has 0 amide bonds. The molecule has 5 heteroatoms. The monoisotopic (exact) mass is 550 g/mol. The Hall–Kier alpha value is -3.44. The van der Waals surface area contributed by atoms with Crippen LogP contribution >= 0.6 is 15.9 Å². The van der Waals surface area contributed by atoms with E-state index < -0.39 is 0 Å². The van der Waals surface area contributed by atoms with Gasteiger partial charge in [0, 0.05) is 29.6 Å². The average Bonchev–Trinajstić information content (AvgIpc) is 3.57. The first-order valence-corrected chi connectivity index (χ1v) is 14.0. The summed E-state index contributed by atoms with van der Waals surface area (Å²) in [6.45, 7) is 4.35. The molecule has 1 saturated carbocycles. The normalized spacial score (nSPS) is 13.9. The van der Waals surface area contributed by atoms with Gasteiger partial charge < -0.3 is 5.32 Å². The number of hydrogen-bond acceptors (Lipinski definition) is 3. The zero-order valence-electron chi connectivity index (χ0n) is 21.3. The molecule has 186 valence electrons. The predicted octanol–water partition coefficient (Wildman–Crippen LogP) is 8.72. The molecule has 2 aromatic carbocycles. The average molecular weight is 552 g/mol. The molecule has 0 unspecified atom stereocenters. The second-order valence-electron chi connectivity index (χ2n) is 9.97. The van der Waals surface area contributed by atoms with Gasteiger partial charge in [-0.1, -0.05) is 68.3 Å². The quantitative estimate of drug-likeness (QED) is 0.230. The molecule has 0 saturated heterocycles. The van der Waals surface area contributed by atoms with Gasteiger partial charge in [0.05, 0.1) is 10.2 Å². The van der Waals surface area contributed by atoms with Gasteiger partial charge in [0.1, 0.15) is 11.5 Å². The number of nitrogens with one attached hydrogen (secondary N) is 1. The number of anilines is 1. The first-order valence-electron chi connectivity index (χ1n) is 13.2. The van der Waals surface area contributed by atoms with Gasteiger partial charge in [0.25, 0.3) is 0 Å². The highest BCUT2D eigenvalue weighted by atomic mass is 79.9. The fourth-order valence-electron chi connectivity index (χ4n) is 5.64. The number of aromatic nitrogens is 3. The Balaban J connectivity index is 1.42. The highest BCUT2D eigenvalue weighted by molar-refractivity contribution is 9.10. The van der Waals surface area contributed by atoms with E-state index >= 15 is 0 Å². The van der Waals surface area contributed by atoms with Crippen molar-refractivity contribution in [2.45, 2.75) is 52.0 Å². The zero-order valence-corrected chi connectivity index (χ0v) is 22.9. The molecule has 37 heavy (non-hydrogen) atoms. The maximum Gasteiger partial charge on any atom is 0.153 e. The Bertz CT molecular complexity index is 1550. The summed E-state index contributed by atoms with van der Waals surface area (Å²) >= 11 is 3.75. The molecule has 1 aliphatic rings. The lowest BCUT2D eigenvalue weighted by Gasteiger charge is -2.16. The minimum atomic E-state index is 0.499. The van der Waals surface area contributed by atoms with Gasteiger partial charge >= 0.3 is 0 Å². The van der Waals surface area contributed by atoms with Crippen LogP contribution in [0.1, 0.15) is 43.7 Å². The number of benzene rings is 2. The topological polar surface area (TPSA) is 42.2 Å². The number of aryl methyl sites for hydroxylation is 1. The maximum atomic E-state index is 5.10. The van der Waals surface area contributed by atoms with Crippen molar-refractivity contribution in [1.29, 1.82) is 0 Å². The van der Waals surface area contributed by atoms with Crippen molar-refractivity contribution in [3.63, 3.8) is 0 Å². The van der Waals surface area contributed by atoms with Crippen molar-refractivity contribution < 1.29 is 0 Å². The molecule has 1 fully saturated rings. The smallest absolute Gasteiger partial charge is 0.153 e. The molecule has 6 rings (SSSR count). The summed E-state index contributed by atoms with van der Waals surface area (Å²) < 4.78 is 3.23. The molecule has 1 aliphatic carbocycles. The van der Waals surface area contributed by atoms with Crippen LogP contribution in [0.3, 0.4) is 0 Å². The Morgan fingerprint density at radius 2 is 1.70 bits per heavy atom. The summed E-state index contributed by atoms with van der Waals surface area (Å²) in [7, 11) is 0. The van der Waals surface area contributed by atoms with Crippen molar-refractivity contribution >= 4 is 27.4 Å². The molecule has 3 heterocycles. The van der Waals surface area contributed by atoms with Crippen LogP contribution in [0.2, 0.25) is 0 Å². The summed E-state index contributed by atoms with van der Waals surface area (Å²) in [5, 5.41) is 3.85. The first kappa shape index (κ1) is 23.9. The second-order valence-corrected chi connectivity index (χ2v) is 10.8. The predicted molar refractivity (Wildman–Crippen MR) is 157 cm³/mol. The lowest BCUT2D eigenvalue weighted by Crippen LogP contribution is -2.16. The Kier molecular flexibility index (Phi) is 6.56. The van der Waals surface area contributed by atoms with Crippen LogP contribution in [0.4, 0.5) is 5.82 Å². The molecule has 0 atom stereocenters.